The van der Waals surface area contributed by atoms with Crippen LogP contribution in [0.3, 0.4) is 0 Å². The Morgan fingerprint density at radius 2 is 1.86 bits per heavy atom. The Hall–Kier alpha value is -3.54. The molecule has 2 aromatic heterocycles. The fraction of sp³-hybridized carbons (Fsp3) is 0.435. The molecule has 0 unspecified atom stereocenters. The van der Waals surface area contributed by atoms with E-state index in [1.807, 2.05) is 10.6 Å². The number of carbonyl (C=O) groups is 1. The van der Waals surface area contributed by atoms with Crippen LogP contribution >= 0.6 is 11.6 Å². The number of hydrogen-bond acceptors (Lipinski definition) is 8. The summed E-state index contributed by atoms with van der Waals surface area (Å²) in [7, 11) is 0. The number of nitrogens with zero attached hydrogens (tertiary/aromatic N) is 8. The molecule has 0 aliphatic carbocycles. The number of carbonyl (C=O) groups excluding carboxylic acids is 1. The average molecular weight is 517 g/mol. The molecule has 3 aliphatic rings. The maximum atomic E-state index is 13.0. The molecule has 3 aromatic rings. The molecule has 0 saturated carbocycles. The third-order valence-electron chi connectivity index (χ3n) is 6.82. The van der Waals surface area contributed by atoms with Gasteiger partial charge in [0.1, 0.15) is 19.2 Å². The van der Waals surface area contributed by atoms with Crippen molar-refractivity contribution in [2.45, 2.75) is 19.2 Å². The van der Waals surface area contributed by atoms with Crippen molar-refractivity contribution < 1.29 is 18.3 Å². The summed E-state index contributed by atoms with van der Waals surface area (Å²) in [5.41, 5.74) is 1.71. The topological polar surface area (TPSA) is 92.5 Å². The number of anilines is 2. The van der Waals surface area contributed by atoms with Gasteiger partial charge in [0, 0.05) is 49.0 Å². The molecule has 10 nitrogen and oxygen atoms in total. The molecule has 0 radical (unpaired) electrons. The number of halogens is 3. The number of hydrogen-bond donors (Lipinski definition) is 0. The molecule has 36 heavy (non-hydrogen) atoms. The predicted octanol–water partition coefficient (Wildman–Crippen LogP) is 2.80. The van der Waals surface area contributed by atoms with E-state index in [0.717, 1.165) is 43.2 Å². The van der Waals surface area contributed by atoms with Gasteiger partial charge >= 0.3 is 6.09 Å². The van der Waals surface area contributed by atoms with E-state index in [0.29, 0.717) is 16.8 Å². The number of fused-ring (bicyclic) bond motifs is 3. The molecule has 0 bridgehead atoms. The first kappa shape index (κ1) is 22.9. The molecule has 0 atom stereocenters. The minimum atomic E-state index is -1.44. The van der Waals surface area contributed by atoms with Crippen LogP contribution in [0.1, 0.15) is 11.4 Å². The molecule has 5 heterocycles. The van der Waals surface area contributed by atoms with Crippen LogP contribution in [0.4, 0.5) is 25.3 Å². The Bertz CT molecular complexity index is 1270. The Balaban J connectivity index is 1.24. The van der Waals surface area contributed by atoms with Crippen molar-refractivity contribution in [3.05, 3.63) is 53.2 Å². The number of aromatic nitrogens is 5. The summed E-state index contributed by atoms with van der Waals surface area (Å²) >= 11 is 6.26. The van der Waals surface area contributed by atoms with Gasteiger partial charge < -0.3 is 14.5 Å². The third-order valence-corrected chi connectivity index (χ3v) is 7.06. The summed E-state index contributed by atoms with van der Waals surface area (Å²) in [5.74, 6) is 2.08. The number of amides is 1. The second-order valence-electron chi connectivity index (χ2n) is 9.47. The lowest BCUT2D eigenvalue weighted by Crippen LogP contribution is -2.73. The van der Waals surface area contributed by atoms with Crippen molar-refractivity contribution in [3.8, 4) is 5.69 Å². The van der Waals surface area contributed by atoms with E-state index in [-0.39, 0.29) is 18.5 Å². The molecular formula is C23H23ClF2N8O2. The molecule has 1 amide bonds. The van der Waals surface area contributed by atoms with Crippen LogP contribution in [0.2, 0.25) is 5.02 Å². The molecule has 2 saturated heterocycles. The molecule has 0 N–H and O–H groups in total. The minimum Gasteiger partial charge on any atom is -0.440 e. The third kappa shape index (κ3) is 3.89. The van der Waals surface area contributed by atoms with E-state index in [4.69, 9.17) is 16.3 Å². The molecule has 2 fully saturated rings. The summed E-state index contributed by atoms with van der Waals surface area (Å²) in [5, 5.41) is 9.31. The molecule has 6 rings (SSSR count). The van der Waals surface area contributed by atoms with Crippen molar-refractivity contribution in [3.63, 3.8) is 0 Å². The monoisotopic (exact) mass is 516 g/mol. The lowest BCUT2D eigenvalue weighted by Gasteiger charge is -2.60. The van der Waals surface area contributed by atoms with Gasteiger partial charge in [0.15, 0.2) is 11.9 Å². The molecule has 3 aliphatic heterocycles. The van der Waals surface area contributed by atoms with Crippen LogP contribution < -0.4 is 9.80 Å². The SMILES string of the molecule is O=C(OC(CF)CF)N1Cc2cc(Cl)ccc2-n2c(nnc2N2CC3(CN(c4cnccn4)C3)C2)C1. The fourth-order valence-electron chi connectivity index (χ4n) is 5.13. The van der Waals surface area contributed by atoms with E-state index >= 15 is 0 Å². The Labute approximate surface area is 210 Å². The zero-order chi connectivity index (χ0) is 24.9. The van der Waals surface area contributed by atoms with Crippen molar-refractivity contribution in [1.29, 1.82) is 0 Å². The van der Waals surface area contributed by atoms with E-state index < -0.39 is 25.5 Å². The van der Waals surface area contributed by atoms with E-state index in [2.05, 4.69) is 30.0 Å². The summed E-state index contributed by atoms with van der Waals surface area (Å²) in [4.78, 5) is 27.0. The first-order valence-corrected chi connectivity index (χ1v) is 11.9. The summed E-state index contributed by atoms with van der Waals surface area (Å²) in [6.07, 6.45) is 2.86. The normalized spacial score (nSPS) is 17.8. The molecular weight excluding hydrogens is 494 g/mol. The summed E-state index contributed by atoms with van der Waals surface area (Å²) in [6, 6.07) is 5.40. The lowest BCUT2D eigenvalue weighted by molar-refractivity contribution is 0.0354. The highest BCUT2D eigenvalue weighted by atomic mass is 35.5. The highest BCUT2D eigenvalue weighted by molar-refractivity contribution is 6.30. The highest BCUT2D eigenvalue weighted by Crippen LogP contribution is 2.43. The van der Waals surface area contributed by atoms with Crippen molar-refractivity contribution in [2.75, 3.05) is 49.3 Å². The zero-order valence-corrected chi connectivity index (χ0v) is 20.0. The van der Waals surface area contributed by atoms with E-state index in [1.165, 1.54) is 4.90 Å². The smallest absolute Gasteiger partial charge is 0.410 e. The predicted molar refractivity (Wildman–Crippen MR) is 127 cm³/mol. The number of alkyl halides is 2. The first-order valence-electron chi connectivity index (χ1n) is 11.5. The summed E-state index contributed by atoms with van der Waals surface area (Å²) < 4.78 is 32.8. The van der Waals surface area contributed by atoms with Crippen LogP contribution in [-0.4, -0.2) is 81.4 Å². The number of rotatable bonds is 5. The largest absolute Gasteiger partial charge is 0.440 e. The van der Waals surface area contributed by atoms with Crippen molar-refractivity contribution in [2.24, 2.45) is 5.41 Å². The maximum Gasteiger partial charge on any atom is 0.410 e. The van der Waals surface area contributed by atoms with Crippen molar-refractivity contribution in [1.82, 2.24) is 29.6 Å². The Morgan fingerprint density at radius 1 is 1.08 bits per heavy atom. The van der Waals surface area contributed by atoms with Gasteiger partial charge in [0.05, 0.1) is 25.0 Å². The van der Waals surface area contributed by atoms with E-state index in [1.54, 1.807) is 30.7 Å². The molecule has 13 heteroatoms. The Kier molecular flexibility index (Phi) is 5.62. The van der Waals surface area contributed by atoms with E-state index in [9.17, 15) is 13.6 Å². The average Bonchev–Trinajstić information content (AvgIpc) is 3.16. The highest BCUT2D eigenvalue weighted by Gasteiger charge is 2.53. The van der Waals surface area contributed by atoms with Crippen LogP contribution in [0, 0.1) is 5.41 Å². The van der Waals surface area contributed by atoms with Crippen LogP contribution in [0.5, 0.6) is 0 Å². The van der Waals surface area contributed by atoms with Crippen LogP contribution in [0.25, 0.3) is 5.69 Å². The lowest BCUT2D eigenvalue weighted by atomic mass is 9.73. The maximum absolute atomic E-state index is 13.0. The van der Waals surface area contributed by atoms with Gasteiger partial charge in [-0.3, -0.25) is 14.5 Å². The van der Waals surface area contributed by atoms with Gasteiger partial charge in [-0.25, -0.2) is 18.6 Å². The van der Waals surface area contributed by atoms with Gasteiger partial charge in [-0.15, -0.1) is 10.2 Å². The summed E-state index contributed by atoms with van der Waals surface area (Å²) in [6.45, 7) is 1.44. The standard InChI is InChI=1S/C23H23ClF2N8O2/c24-16-1-2-18-15(5-16)9-31(22(35)36-17(6-25)7-26)10-20-29-30-21(34(18)20)33-13-23(14-33)11-32(12-23)19-8-27-3-4-28-19/h1-5,8,17H,6-7,9-14H2. The Morgan fingerprint density at radius 3 is 2.58 bits per heavy atom. The van der Waals surface area contributed by atoms with Gasteiger partial charge in [-0.2, -0.15) is 0 Å². The fourth-order valence-corrected chi connectivity index (χ4v) is 5.32. The number of ether oxygens (including phenoxy) is 1. The van der Waals surface area contributed by atoms with Gasteiger partial charge in [0.2, 0.25) is 5.95 Å². The minimum absolute atomic E-state index is 0.0723. The van der Waals surface area contributed by atoms with Crippen LogP contribution in [0.15, 0.2) is 36.8 Å². The number of benzene rings is 1. The van der Waals surface area contributed by atoms with Gasteiger partial charge in [0.25, 0.3) is 0 Å². The second kappa shape index (κ2) is 8.84. The molecule has 188 valence electrons. The zero-order valence-electron chi connectivity index (χ0n) is 19.2. The van der Waals surface area contributed by atoms with Crippen molar-refractivity contribution >= 4 is 29.5 Å². The first-order chi connectivity index (χ1) is 17.5. The van der Waals surface area contributed by atoms with Crippen LogP contribution in [-0.2, 0) is 17.8 Å². The van der Waals surface area contributed by atoms with Gasteiger partial charge in [-0.1, -0.05) is 11.6 Å². The quantitative estimate of drug-likeness (QED) is 0.511. The molecule has 1 aromatic carbocycles. The second-order valence-corrected chi connectivity index (χ2v) is 9.91. The van der Waals surface area contributed by atoms with Gasteiger partial charge in [-0.05, 0) is 23.8 Å². The molecule has 1 spiro atoms.